The molecule has 6 aliphatic rings. The summed E-state index contributed by atoms with van der Waals surface area (Å²) in [7, 11) is 0. The van der Waals surface area contributed by atoms with E-state index < -0.39 is 190 Å². The summed E-state index contributed by atoms with van der Waals surface area (Å²) in [6.45, 7) is 14.1. The van der Waals surface area contributed by atoms with Gasteiger partial charge < -0.3 is 108 Å². The second kappa shape index (κ2) is 31.9. The Bertz CT molecular complexity index is 1900. The fourth-order valence-electron chi connectivity index (χ4n) is 11.0. The first-order chi connectivity index (χ1) is 38.5. The lowest BCUT2D eigenvalue weighted by Gasteiger charge is -2.51. The van der Waals surface area contributed by atoms with Crippen molar-refractivity contribution in [2.24, 2.45) is 11.8 Å². The summed E-state index contributed by atoms with van der Waals surface area (Å²) in [5.74, 6) is -3.50. The third kappa shape index (κ3) is 17.2. The van der Waals surface area contributed by atoms with Crippen LogP contribution in [0.15, 0.2) is 0 Å². The van der Waals surface area contributed by atoms with Crippen LogP contribution in [0.5, 0.6) is 0 Å². The summed E-state index contributed by atoms with van der Waals surface area (Å²) in [4.78, 5) is 40.9. The minimum Gasteiger partial charge on any atom is -0.457 e. The van der Waals surface area contributed by atoms with Crippen LogP contribution in [0.3, 0.4) is 0 Å². The summed E-state index contributed by atoms with van der Waals surface area (Å²) in [5, 5.41) is 101. The first kappa shape index (κ1) is 67.8. The van der Waals surface area contributed by atoms with Gasteiger partial charge in [-0.3, -0.25) is 14.4 Å². The van der Waals surface area contributed by atoms with Gasteiger partial charge in [0, 0.05) is 6.42 Å². The summed E-state index contributed by atoms with van der Waals surface area (Å²) in [5.41, 5.74) is 0. The molecule has 81 heavy (non-hydrogen) atoms. The Morgan fingerprint density at radius 1 is 0.506 bits per heavy atom. The summed E-state index contributed by atoms with van der Waals surface area (Å²) >= 11 is 0. The van der Waals surface area contributed by atoms with Crippen molar-refractivity contribution >= 4 is 17.9 Å². The fraction of sp³-hybridized carbons (Fsp3) is 0.946. The molecule has 6 saturated heterocycles. The molecule has 0 aromatic heterocycles. The predicted molar refractivity (Wildman–Crippen MR) is 280 cm³/mol. The van der Waals surface area contributed by atoms with E-state index in [1.54, 1.807) is 34.6 Å². The van der Waals surface area contributed by atoms with Crippen molar-refractivity contribution in [2.75, 3.05) is 6.61 Å². The number of aliphatic hydroxyl groups is 9. The summed E-state index contributed by atoms with van der Waals surface area (Å²) in [6, 6.07) is 0. The van der Waals surface area contributed by atoms with Gasteiger partial charge >= 0.3 is 17.9 Å². The minimum absolute atomic E-state index is 0.0467. The molecule has 0 aliphatic carbocycles. The van der Waals surface area contributed by atoms with Crippen molar-refractivity contribution in [3.63, 3.8) is 0 Å². The van der Waals surface area contributed by atoms with Gasteiger partial charge in [0.25, 0.3) is 0 Å². The van der Waals surface area contributed by atoms with Crippen LogP contribution in [-0.2, 0) is 76.0 Å². The molecule has 28 atom stereocenters. The fourth-order valence-corrected chi connectivity index (χ4v) is 11.0. The Balaban J connectivity index is 1.37. The number of unbranched alkanes of at least 4 members (excludes halogenated alkanes) is 2. The van der Waals surface area contributed by atoms with E-state index >= 15 is 0 Å². The third-order valence-electron chi connectivity index (χ3n) is 16.7. The molecule has 6 fully saturated rings. The van der Waals surface area contributed by atoms with E-state index in [9.17, 15) is 60.3 Å². The van der Waals surface area contributed by atoms with Gasteiger partial charge in [0.2, 0.25) is 0 Å². The number of aliphatic hydroxyl groups excluding tert-OH is 9. The number of carbonyl (C=O) groups excluding carboxylic acids is 3. The van der Waals surface area contributed by atoms with Crippen LogP contribution in [0.4, 0.5) is 0 Å². The van der Waals surface area contributed by atoms with Crippen LogP contribution in [0.25, 0.3) is 0 Å². The van der Waals surface area contributed by atoms with E-state index in [0.29, 0.717) is 25.7 Å². The zero-order valence-corrected chi connectivity index (χ0v) is 48.5. The molecule has 0 aromatic rings. The van der Waals surface area contributed by atoms with E-state index in [1.165, 1.54) is 20.8 Å². The Morgan fingerprint density at radius 3 is 1.69 bits per heavy atom. The van der Waals surface area contributed by atoms with Crippen LogP contribution in [-0.4, -0.2) is 230 Å². The predicted octanol–water partition coefficient (Wildman–Crippen LogP) is 1.43. The number of ether oxygens (including phenoxy) is 13. The molecule has 0 radical (unpaired) electrons. The Kier molecular flexibility index (Phi) is 26.7. The highest BCUT2D eigenvalue weighted by atomic mass is 16.8. The summed E-state index contributed by atoms with van der Waals surface area (Å²) < 4.78 is 81.4. The molecule has 9 N–H and O–H groups in total. The van der Waals surface area contributed by atoms with Gasteiger partial charge in [-0.15, -0.1) is 0 Å². The van der Waals surface area contributed by atoms with E-state index in [4.69, 9.17) is 61.6 Å². The van der Waals surface area contributed by atoms with E-state index in [2.05, 4.69) is 6.92 Å². The lowest BCUT2D eigenvalue weighted by molar-refractivity contribution is -0.400. The summed E-state index contributed by atoms with van der Waals surface area (Å²) in [6.07, 6.45) is -29.3. The molecule has 0 saturated carbocycles. The molecule has 25 heteroatoms. The molecular formula is C56H96O25. The Morgan fingerprint density at radius 2 is 1.05 bits per heavy atom. The second-order valence-corrected chi connectivity index (χ2v) is 23.0. The maximum Gasteiger partial charge on any atom is 0.309 e. The van der Waals surface area contributed by atoms with Crippen LogP contribution < -0.4 is 0 Å². The molecule has 470 valence electrons. The average molecular weight is 1170 g/mol. The van der Waals surface area contributed by atoms with E-state index in [0.717, 1.165) is 57.8 Å². The lowest BCUT2D eigenvalue weighted by Crippen LogP contribution is -2.68. The van der Waals surface area contributed by atoms with Crippen molar-refractivity contribution in [3.8, 4) is 0 Å². The van der Waals surface area contributed by atoms with E-state index in [1.807, 2.05) is 0 Å². The third-order valence-corrected chi connectivity index (χ3v) is 16.7. The minimum atomic E-state index is -2.02. The molecule has 6 heterocycles. The molecule has 0 aromatic carbocycles. The zero-order chi connectivity index (χ0) is 59.4. The first-order valence-corrected chi connectivity index (χ1v) is 29.8. The van der Waals surface area contributed by atoms with Gasteiger partial charge in [-0.25, -0.2) is 0 Å². The largest absolute Gasteiger partial charge is 0.457 e. The quantitative estimate of drug-likeness (QED) is 0.0565. The zero-order valence-electron chi connectivity index (χ0n) is 48.5. The lowest BCUT2D eigenvalue weighted by atomic mass is 9.95. The van der Waals surface area contributed by atoms with Crippen molar-refractivity contribution in [2.45, 2.75) is 318 Å². The van der Waals surface area contributed by atoms with Crippen molar-refractivity contribution in [3.05, 3.63) is 0 Å². The first-order valence-electron chi connectivity index (χ1n) is 29.8. The smallest absolute Gasteiger partial charge is 0.309 e. The van der Waals surface area contributed by atoms with Gasteiger partial charge in [0.1, 0.15) is 79.4 Å². The molecular weight excluding hydrogens is 1070 g/mol. The maximum atomic E-state index is 14.1. The molecule has 0 unspecified atom stereocenters. The SMILES string of the molecule is CCCCC[C@@H]1CCCCCCCCCC(=O)O[C@H]2[C@@H](O)[C@H](O[C@H]3[C@H](O1)O[C@H](C)[C@H](O)[C@@H]3O)O[C@@H](C)[C@@H]2O[C@@H]1O[C@@H](C)[C@H](O[C@H]2O[C@@H](C)[C@H](OC(=O)[C@@H](C)CC)[C@@H](O)[C@H]2O)[C@@H](O[C@H]2O[C@H](CO)[C@@H](O)[C@H](O)[C@H]2O)[C@H]1OC(=O)[C@@H](C)CC. The van der Waals surface area contributed by atoms with Crippen LogP contribution in [0.1, 0.15) is 159 Å². The van der Waals surface area contributed by atoms with Gasteiger partial charge in [0.05, 0.1) is 49.0 Å². The highest BCUT2D eigenvalue weighted by Gasteiger charge is 2.59. The molecule has 0 amide bonds. The number of esters is 3. The van der Waals surface area contributed by atoms with Gasteiger partial charge in [-0.1, -0.05) is 92.4 Å². The number of hydrogen-bond donors (Lipinski definition) is 9. The van der Waals surface area contributed by atoms with Crippen molar-refractivity contribution in [1.29, 1.82) is 0 Å². The van der Waals surface area contributed by atoms with Crippen LogP contribution in [0, 0.1) is 11.8 Å². The molecule has 25 nitrogen and oxygen atoms in total. The Hall–Kier alpha value is -2.35. The number of carbonyl (C=O) groups is 3. The van der Waals surface area contributed by atoms with E-state index in [-0.39, 0.29) is 18.9 Å². The number of rotatable bonds is 17. The monoisotopic (exact) mass is 1170 g/mol. The number of fused-ring (bicyclic) bond motifs is 3. The molecule has 0 spiro atoms. The average Bonchev–Trinajstić information content (AvgIpc) is 3.55. The highest BCUT2D eigenvalue weighted by Crippen LogP contribution is 2.39. The van der Waals surface area contributed by atoms with Gasteiger partial charge in [-0.05, 0) is 59.8 Å². The van der Waals surface area contributed by atoms with Crippen LogP contribution >= 0.6 is 0 Å². The normalized spacial score (nSPS) is 44.2. The molecule has 6 aliphatic heterocycles. The number of hydrogen-bond acceptors (Lipinski definition) is 25. The maximum absolute atomic E-state index is 14.1. The molecule has 2 bridgehead atoms. The Labute approximate surface area is 475 Å². The highest BCUT2D eigenvalue weighted by molar-refractivity contribution is 5.72. The van der Waals surface area contributed by atoms with Gasteiger partial charge in [-0.2, -0.15) is 0 Å². The van der Waals surface area contributed by atoms with Gasteiger partial charge in [0.15, 0.2) is 49.8 Å². The topological polar surface area (TPSA) is 353 Å². The molecule has 6 rings (SSSR count). The van der Waals surface area contributed by atoms with Crippen LogP contribution in [0.2, 0.25) is 0 Å². The van der Waals surface area contributed by atoms with Crippen molar-refractivity contribution < 1.29 is 122 Å². The second-order valence-electron chi connectivity index (χ2n) is 23.0. The van der Waals surface area contributed by atoms with Crippen molar-refractivity contribution in [1.82, 2.24) is 0 Å². The standard InChI is InChI=1S/C56H96O25/c1-10-13-19-22-32-23-20-17-15-14-16-18-21-24-34(58)75-46-42(66)54(80-47-38(62)35(59)28(6)69-55(47)73-32)71-30(8)44(46)79-56-49(77-51(68)27(5)12-3)48(81-53-40(64)37(61)36(60)33(25-57)74-53)45(31(9)72-56)78-52-41(65)39(63)43(29(7)70-52)76-50(67)26(4)11-2/h26-33,35-49,52-57,59-66H,10-25H2,1-9H3/t26-,27-,28+,29-,30-,31-,32+,33+,35-,36+,37-,38-,39-,40+,41+,42+,43-,44-,45-,46-,47+,48+,49+,52+,53+,54-,55-,56-/m0/s1.